The molecule has 0 amide bonds. The molecule has 4 heterocycles. The first-order valence-corrected chi connectivity index (χ1v) is 10.3. The summed E-state index contributed by atoms with van der Waals surface area (Å²) in [7, 11) is 0. The molecule has 0 aliphatic carbocycles. The second-order valence-corrected chi connectivity index (χ2v) is 8.23. The lowest BCUT2D eigenvalue weighted by molar-refractivity contribution is 0.0142. The lowest BCUT2D eigenvalue weighted by Crippen LogP contribution is -2.12. The van der Waals surface area contributed by atoms with Crippen molar-refractivity contribution in [2.45, 2.75) is 38.8 Å². The van der Waals surface area contributed by atoms with Crippen LogP contribution in [0.4, 0.5) is 5.82 Å². The van der Waals surface area contributed by atoms with Crippen molar-refractivity contribution in [2.24, 2.45) is 0 Å². The minimum atomic E-state index is 0.0914. The van der Waals surface area contributed by atoms with Crippen LogP contribution < -0.4 is 5.32 Å². The van der Waals surface area contributed by atoms with Crippen molar-refractivity contribution in [3.05, 3.63) is 43.4 Å². The molecule has 25 heavy (non-hydrogen) atoms. The van der Waals surface area contributed by atoms with E-state index in [1.807, 2.05) is 10.6 Å². The van der Waals surface area contributed by atoms with Crippen LogP contribution in [0.25, 0.3) is 5.52 Å². The van der Waals surface area contributed by atoms with Gasteiger partial charge in [-0.3, -0.25) is 0 Å². The molecule has 5 nitrogen and oxygen atoms in total. The molecule has 3 aromatic heterocycles. The number of thiophene rings is 1. The van der Waals surface area contributed by atoms with Crippen LogP contribution in [0.15, 0.2) is 22.1 Å². The van der Waals surface area contributed by atoms with Crippen LogP contribution in [0.3, 0.4) is 0 Å². The summed E-state index contributed by atoms with van der Waals surface area (Å²) >= 11 is 11.6. The molecular formula is C17H18BrClN4OS. The molecule has 0 aromatic carbocycles. The fraction of sp³-hybridized carbons (Fsp3) is 0.412. The van der Waals surface area contributed by atoms with Gasteiger partial charge in [0.25, 0.3) is 0 Å². The zero-order valence-electron chi connectivity index (χ0n) is 13.8. The Balaban J connectivity index is 1.77. The van der Waals surface area contributed by atoms with Gasteiger partial charge in [0.05, 0.1) is 12.6 Å². The van der Waals surface area contributed by atoms with Crippen molar-refractivity contribution in [1.82, 2.24) is 14.6 Å². The lowest BCUT2D eigenvalue weighted by Gasteiger charge is -2.23. The highest BCUT2D eigenvalue weighted by Gasteiger charge is 2.27. The number of ether oxygens (including phenoxy) is 1. The Hall–Kier alpha value is -1.15. The Morgan fingerprint density at radius 3 is 3.08 bits per heavy atom. The van der Waals surface area contributed by atoms with Crippen LogP contribution in [0, 0.1) is 6.92 Å². The molecule has 4 rings (SSSR count). The van der Waals surface area contributed by atoms with Crippen molar-refractivity contribution >= 4 is 50.2 Å². The van der Waals surface area contributed by atoms with E-state index < -0.39 is 0 Å². The molecule has 1 saturated heterocycles. The van der Waals surface area contributed by atoms with E-state index in [4.69, 9.17) is 16.3 Å². The van der Waals surface area contributed by atoms with Gasteiger partial charge in [0.1, 0.15) is 10.1 Å². The first-order chi connectivity index (χ1) is 12.1. The third-order valence-corrected chi connectivity index (χ3v) is 6.30. The molecule has 0 saturated carbocycles. The number of fused-ring (bicyclic) bond motifs is 1. The average Bonchev–Trinajstić information content (AvgIpc) is 3.21. The van der Waals surface area contributed by atoms with Crippen LogP contribution in [-0.2, 0) is 11.3 Å². The number of anilines is 1. The van der Waals surface area contributed by atoms with E-state index in [0.717, 1.165) is 46.5 Å². The third-order valence-electron chi connectivity index (χ3n) is 4.50. The molecule has 8 heteroatoms. The normalized spacial score (nSPS) is 18.0. The topological polar surface area (TPSA) is 51.5 Å². The number of hydrogen-bond donors (Lipinski definition) is 1. The smallest absolute Gasteiger partial charge is 0.243 e. The van der Waals surface area contributed by atoms with Crippen molar-refractivity contribution in [3.8, 4) is 0 Å². The number of nitrogens with zero attached hydrogens (tertiary/aromatic N) is 3. The van der Waals surface area contributed by atoms with E-state index in [-0.39, 0.29) is 11.4 Å². The number of aromatic nitrogens is 3. The SMILES string of the molecule is Cc1c(C2CCCCO2)c(Br)n2nc(Cl)nc(NCc3cccs3)c12. The Morgan fingerprint density at radius 2 is 2.36 bits per heavy atom. The second kappa shape index (κ2) is 7.23. The van der Waals surface area contributed by atoms with Gasteiger partial charge < -0.3 is 10.1 Å². The fourth-order valence-electron chi connectivity index (χ4n) is 3.33. The van der Waals surface area contributed by atoms with E-state index in [1.54, 1.807) is 11.3 Å². The highest BCUT2D eigenvalue weighted by Crippen LogP contribution is 2.39. The second-order valence-electron chi connectivity index (χ2n) is 6.11. The van der Waals surface area contributed by atoms with Gasteiger partial charge in [-0.15, -0.1) is 16.4 Å². The van der Waals surface area contributed by atoms with Gasteiger partial charge in [-0.1, -0.05) is 6.07 Å². The van der Waals surface area contributed by atoms with Crippen LogP contribution in [-0.4, -0.2) is 21.2 Å². The summed E-state index contributed by atoms with van der Waals surface area (Å²) in [6.45, 7) is 3.61. The van der Waals surface area contributed by atoms with E-state index in [0.29, 0.717) is 6.54 Å². The summed E-state index contributed by atoms with van der Waals surface area (Å²) < 4.78 is 8.73. The largest absolute Gasteiger partial charge is 0.373 e. The molecule has 1 atom stereocenters. The van der Waals surface area contributed by atoms with Crippen molar-refractivity contribution in [1.29, 1.82) is 0 Å². The molecule has 132 valence electrons. The molecule has 0 spiro atoms. The van der Waals surface area contributed by atoms with Crippen molar-refractivity contribution in [3.63, 3.8) is 0 Å². The van der Waals surface area contributed by atoms with E-state index in [1.165, 1.54) is 11.3 Å². The third kappa shape index (κ3) is 3.30. The zero-order chi connectivity index (χ0) is 17.4. The summed E-state index contributed by atoms with van der Waals surface area (Å²) in [4.78, 5) is 5.67. The van der Waals surface area contributed by atoms with E-state index in [9.17, 15) is 0 Å². The van der Waals surface area contributed by atoms with E-state index >= 15 is 0 Å². The van der Waals surface area contributed by atoms with Crippen LogP contribution in [0.2, 0.25) is 5.28 Å². The number of hydrogen-bond acceptors (Lipinski definition) is 5. The number of halogens is 2. The zero-order valence-corrected chi connectivity index (χ0v) is 16.9. The maximum absolute atomic E-state index is 6.17. The predicted octanol–water partition coefficient (Wildman–Crippen LogP) is 5.37. The molecule has 1 unspecified atom stereocenters. The Kier molecular flexibility index (Phi) is 4.99. The summed E-state index contributed by atoms with van der Waals surface area (Å²) in [5.74, 6) is 0.744. The van der Waals surface area contributed by atoms with Crippen molar-refractivity contribution in [2.75, 3.05) is 11.9 Å². The Bertz CT molecular complexity index is 890. The van der Waals surface area contributed by atoms with Gasteiger partial charge in [-0.2, -0.15) is 4.98 Å². The quantitative estimate of drug-likeness (QED) is 0.591. The monoisotopic (exact) mass is 440 g/mol. The summed E-state index contributed by atoms with van der Waals surface area (Å²) in [5.41, 5.74) is 3.22. The average molecular weight is 442 g/mol. The Labute approximate surface area is 163 Å². The molecule has 0 radical (unpaired) electrons. The van der Waals surface area contributed by atoms with Gasteiger partial charge in [0.15, 0.2) is 5.82 Å². The van der Waals surface area contributed by atoms with Crippen LogP contribution in [0.1, 0.15) is 41.4 Å². The first-order valence-electron chi connectivity index (χ1n) is 8.27. The molecule has 3 aromatic rings. The highest BCUT2D eigenvalue weighted by molar-refractivity contribution is 9.10. The minimum Gasteiger partial charge on any atom is -0.373 e. The summed E-state index contributed by atoms with van der Waals surface area (Å²) in [6, 6.07) is 4.14. The first kappa shape index (κ1) is 17.3. The fourth-order valence-corrected chi connectivity index (χ4v) is 4.94. The Morgan fingerprint density at radius 1 is 1.48 bits per heavy atom. The standard InChI is InChI=1S/C17H18BrClN4OS/c1-10-13(12-6-2-3-7-24-12)15(18)23-14(10)16(21-17(19)22-23)20-9-11-5-4-8-25-11/h4-5,8,12H,2-3,6-7,9H2,1H3,(H,20,21,22). The molecule has 1 N–H and O–H groups in total. The summed E-state index contributed by atoms with van der Waals surface area (Å²) in [5, 5.41) is 10.1. The maximum atomic E-state index is 6.17. The molecular weight excluding hydrogens is 424 g/mol. The van der Waals surface area contributed by atoms with Crippen molar-refractivity contribution < 1.29 is 4.74 Å². The molecule has 0 bridgehead atoms. The van der Waals surface area contributed by atoms with Gasteiger partial charge in [0.2, 0.25) is 5.28 Å². The molecule has 1 aliphatic rings. The summed E-state index contributed by atoms with van der Waals surface area (Å²) in [6.07, 6.45) is 3.42. The minimum absolute atomic E-state index is 0.0914. The number of rotatable bonds is 4. The molecule has 1 fully saturated rings. The predicted molar refractivity (Wildman–Crippen MR) is 105 cm³/mol. The van der Waals surface area contributed by atoms with Crippen LogP contribution in [0.5, 0.6) is 0 Å². The number of nitrogens with one attached hydrogen (secondary N) is 1. The van der Waals surface area contributed by atoms with Gasteiger partial charge >= 0.3 is 0 Å². The van der Waals surface area contributed by atoms with E-state index in [2.05, 4.69) is 49.7 Å². The van der Waals surface area contributed by atoms with Gasteiger partial charge in [-0.25, -0.2) is 4.52 Å². The highest BCUT2D eigenvalue weighted by atomic mass is 79.9. The van der Waals surface area contributed by atoms with Gasteiger partial charge in [-0.05, 0) is 70.7 Å². The lowest BCUT2D eigenvalue weighted by atomic mass is 10.0. The van der Waals surface area contributed by atoms with Gasteiger partial charge in [0, 0.05) is 17.0 Å². The van der Waals surface area contributed by atoms with Crippen LogP contribution >= 0.6 is 38.9 Å². The maximum Gasteiger partial charge on any atom is 0.243 e. The molecule has 1 aliphatic heterocycles. The number of aryl methyl sites for hydroxylation is 1.